The molecule has 9 rings (SSSR count). The first kappa shape index (κ1) is 19.1. The van der Waals surface area contributed by atoms with Crippen molar-refractivity contribution in [2.24, 2.45) is 0 Å². The van der Waals surface area contributed by atoms with Crippen LogP contribution in [0.25, 0.3) is 77.0 Å². The second-order valence-electron chi connectivity index (χ2n) is 9.61. The van der Waals surface area contributed by atoms with Gasteiger partial charge in [-0.15, -0.1) is 0 Å². The van der Waals surface area contributed by atoms with Gasteiger partial charge in [0, 0.05) is 21.5 Å². The minimum Gasteiger partial charge on any atom is -0.456 e. The molecule has 0 bridgehead atoms. The predicted molar refractivity (Wildman–Crippen MR) is 152 cm³/mol. The van der Waals surface area contributed by atoms with Crippen LogP contribution in [0.1, 0.15) is 0 Å². The molecular weight excluding hydrogens is 454 g/mol. The lowest BCUT2D eigenvalue weighted by molar-refractivity contribution is 0.669. The summed E-state index contributed by atoms with van der Waals surface area (Å²) in [7, 11) is 0. The lowest BCUT2D eigenvalue weighted by Crippen LogP contribution is -1.99. The molecule has 0 saturated carbocycles. The number of imidazole rings is 1. The fourth-order valence-electron chi connectivity index (χ4n) is 6.19. The number of nitrogens with zero attached hydrogens (tertiary/aromatic N) is 3. The first-order valence-electron chi connectivity index (χ1n) is 12.5. The number of fused-ring (bicyclic) bond motifs is 13. The Balaban J connectivity index is 1.60. The average molecular weight is 474 g/mol. The van der Waals surface area contributed by atoms with Gasteiger partial charge in [-0.25, -0.2) is 4.98 Å². The summed E-state index contributed by atoms with van der Waals surface area (Å²) < 4.78 is 11.0. The minimum absolute atomic E-state index is 0.883. The molecule has 4 aromatic heterocycles. The van der Waals surface area contributed by atoms with Crippen molar-refractivity contribution in [3.63, 3.8) is 0 Å². The van der Waals surface area contributed by atoms with Crippen LogP contribution >= 0.6 is 0 Å². The van der Waals surface area contributed by atoms with Gasteiger partial charge < -0.3 is 4.42 Å². The molecule has 0 spiro atoms. The average Bonchev–Trinajstić information content (AvgIpc) is 3.62. The molecule has 4 heterocycles. The van der Waals surface area contributed by atoms with Crippen LogP contribution in [-0.4, -0.2) is 14.0 Å². The van der Waals surface area contributed by atoms with Crippen LogP contribution in [0.15, 0.2) is 120 Å². The molecule has 0 aliphatic heterocycles. The zero-order chi connectivity index (χ0) is 24.1. The maximum absolute atomic E-state index is 6.28. The van der Waals surface area contributed by atoms with Crippen LogP contribution in [0.3, 0.4) is 0 Å². The van der Waals surface area contributed by atoms with E-state index in [9.17, 15) is 0 Å². The van der Waals surface area contributed by atoms with Crippen molar-refractivity contribution in [3.05, 3.63) is 115 Å². The summed E-state index contributed by atoms with van der Waals surface area (Å²) in [5, 5.41) is 6.95. The summed E-state index contributed by atoms with van der Waals surface area (Å²) >= 11 is 0. The van der Waals surface area contributed by atoms with Gasteiger partial charge in [-0.3, -0.25) is 8.97 Å². The number of hydrogen-bond acceptors (Lipinski definition) is 2. The number of aromatic nitrogens is 3. The fraction of sp³-hybridized carbons (Fsp3) is 0. The molecule has 0 N–H and O–H groups in total. The molecule has 4 heteroatoms. The molecule has 5 aromatic carbocycles. The third-order valence-electron chi connectivity index (χ3n) is 7.69. The van der Waals surface area contributed by atoms with Crippen LogP contribution < -0.4 is 0 Å². The molecule has 0 aliphatic rings. The summed E-state index contributed by atoms with van der Waals surface area (Å²) in [6.45, 7) is 0. The van der Waals surface area contributed by atoms with Gasteiger partial charge in [-0.05, 0) is 35.7 Å². The van der Waals surface area contributed by atoms with Gasteiger partial charge in [0.05, 0.1) is 22.1 Å². The van der Waals surface area contributed by atoms with Crippen LogP contribution in [0, 0.1) is 0 Å². The topological polar surface area (TPSA) is 35.4 Å². The molecule has 0 unspecified atom stereocenters. The van der Waals surface area contributed by atoms with Crippen LogP contribution in [0.2, 0.25) is 0 Å². The highest BCUT2D eigenvalue weighted by Crippen LogP contribution is 2.40. The van der Waals surface area contributed by atoms with Crippen molar-refractivity contribution >= 4 is 71.3 Å². The highest BCUT2D eigenvalue weighted by Gasteiger charge is 2.23. The maximum atomic E-state index is 6.28. The number of pyridine rings is 1. The fourth-order valence-corrected chi connectivity index (χ4v) is 6.19. The molecule has 0 amide bonds. The van der Waals surface area contributed by atoms with Crippen molar-refractivity contribution in [2.45, 2.75) is 0 Å². The van der Waals surface area contributed by atoms with Gasteiger partial charge >= 0.3 is 0 Å². The van der Waals surface area contributed by atoms with E-state index in [2.05, 4.69) is 112 Å². The molecular formula is C33H19N3O. The Morgan fingerprint density at radius 2 is 1.16 bits per heavy atom. The highest BCUT2D eigenvalue weighted by molar-refractivity contribution is 6.18. The van der Waals surface area contributed by atoms with E-state index in [-0.39, 0.29) is 0 Å². The number of hydrogen-bond donors (Lipinski definition) is 0. The Bertz CT molecular complexity index is 2370. The van der Waals surface area contributed by atoms with Gasteiger partial charge in [0.2, 0.25) is 0 Å². The van der Waals surface area contributed by atoms with Gasteiger partial charge in [0.1, 0.15) is 22.3 Å². The number of benzene rings is 5. The number of furan rings is 1. The van der Waals surface area contributed by atoms with Gasteiger partial charge in [0.15, 0.2) is 5.65 Å². The predicted octanol–water partition coefficient (Wildman–Crippen LogP) is 8.64. The monoisotopic (exact) mass is 473 g/mol. The van der Waals surface area contributed by atoms with Crippen molar-refractivity contribution in [1.29, 1.82) is 0 Å². The Labute approximate surface area is 210 Å². The van der Waals surface area contributed by atoms with Crippen molar-refractivity contribution in [2.75, 3.05) is 0 Å². The molecule has 0 aliphatic carbocycles. The molecule has 0 radical (unpaired) electrons. The summed E-state index contributed by atoms with van der Waals surface area (Å²) in [6.07, 6.45) is 0. The molecule has 37 heavy (non-hydrogen) atoms. The second kappa shape index (κ2) is 6.77. The molecule has 172 valence electrons. The molecule has 9 aromatic rings. The SMILES string of the molecule is c1ccc2c(c1)oc1cccc(-n3c4ccccc4c4nc5c6ccccc6c6ccccc6n5c43)c12. The van der Waals surface area contributed by atoms with Gasteiger partial charge in [-0.2, -0.15) is 0 Å². The molecule has 0 saturated heterocycles. The summed E-state index contributed by atoms with van der Waals surface area (Å²) in [5.74, 6) is 0. The Kier molecular flexibility index (Phi) is 3.50. The Morgan fingerprint density at radius 3 is 2.03 bits per heavy atom. The van der Waals surface area contributed by atoms with Crippen LogP contribution in [0.4, 0.5) is 0 Å². The summed E-state index contributed by atoms with van der Waals surface area (Å²) in [6, 6.07) is 40.4. The first-order chi connectivity index (χ1) is 18.4. The summed E-state index contributed by atoms with van der Waals surface area (Å²) in [5.41, 5.74) is 8.19. The molecule has 0 atom stereocenters. The van der Waals surface area contributed by atoms with Crippen LogP contribution in [-0.2, 0) is 0 Å². The zero-order valence-electron chi connectivity index (χ0n) is 19.7. The summed E-state index contributed by atoms with van der Waals surface area (Å²) in [4.78, 5) is 5.32. The van der Waals surface area contributed by atoms with Crippen molar-refractivity contribution in [3.8, 4) is 5.69 Å². The third kappa shape index (κ3) is 2.35. The zero-order valence-corrected chi connectivity index (χ0v) is 19.7. The maximum Gasteiger partial charge on any atom is 0.151 e. The van der Waals surface area contributed by atoms with Gasteiger partial charge in [-0.1, -0.05) is 84.9 Å². The second-order valence-corrected chi connectivity index (χ2v) is 9.61. The van der Waals surface area contributed by atoms with Crippen molar-refractivity contribution in [1.82, 2.24) is 14.0 Å². The lowest BCUT2D eigenvalue weighted by atomic mass is 10.1. The van der Waals surface area contributed by atoms with E-state index in [0.717, 1.165) is 66.2 Å². The number of rotatable bonds is 1. The van der Waals surface area contributed by atoms with E-state index in [1.807, 2.05) is 12.1 Å². The first-order valence-corrected chi connectivity index (χ1v) is 12.5. The molecule has 0 fully saturated rings. The molecule has 4 nitrogen and oxygen atoms in total. The van der Waals surface area contributed by atoms with E-state index in [1.165, 1.54) is 10.8 Å². The largest absolute Gasteiger partial charge is 0.456 e. The Morgan fingerprint density at radius 1 is 0.514 bits per heavy atom. The smallest absolute Gasteiger partial charge is 0.151 e. The van der Waals surface area contributed by atoms with Gasteiger partial charge in [0.25, 0.3) is 0 Å². The Hall–Kier alpha value is -5.09. The van der Waals surface area contributed by atoms with Crippen molar-refractivity contribution < 1.29 is 4.42 Å². The van der Waals surface area contributed by atoms with E-state index in [1.54, 1.807) is 0 Å². The van der Waals surface area contributed by atoms with E-state index >= 15 is 0 Å². The lowest BCUT2D eigenvalue weighted by Gasteiger charge is -2.13. The third-order valence-corrected chi connectivity index (χ3v) is 7.69. The number of para-hydroxylation sites is 3. The van der Waals surface area contributed by atoms with E-state index < -0.39 is 0 Å². The van der Waals surface area contributed by atoms with E-state index in [4.69, 9.17) is 9.40 Å². The minimum atomic E-state index is 0.883. The highest BCUT2D eigenvalue weighted by atomic mass is 16.3. The van der Waals surface area contributed by atoms with Crippen LogP contribution in [0.5, 0.6) is 0 Å². The standard InChI is InChI=1S/C33H19N3O/c1-2-12-22-20(10-1)21-11-3-6-15-25(21)36-32(22)34-31-23-13-4-7-16-26(23)35(33(31)36)27-17-9-19-29-30(27)24-14-5-8-18-28(24)37-29/h1-19H. The van der Waals surface area contributed by atoms with E-state index in [0.29, 0.717) is 0 Å². The normalized spacial score (nSPS) is 12.3. The quantitative estimate of drug-likeness (QED) is 0.224.